The fourth-order valence-corrected chi connectivity index (χ4v) is 3.56. The van der Waals surface area contributed by atoms with Gasteiger partial charge in [0.1, 0.15) is 5.82 Å². The zero-order valence-electron chi connectivity index (χ0n) is 15.6. The molecular weight excluding hydrogens is 327 g/mol. The predicted molar refractivity (Wildman–Crippen MR) is 105 cm³/mol. The van der Waals surface area contributed by atoms with E-state index in [1.807, 2.05) is 13.8 Å². The van der Waals surface area contributed by atoms with Gasteiger partial charge in [-0.2, -0.15) is 0 Å². The molecule has 0 bridgehead atoms. The summed E-state index contributed by atoms with van der Waals surface area (Å²) in [6.45, 7) is 6.72. The fraction of sp³-hybridized carbons (Fsp3) is 0.318. The lowest BCUT2D eigenvalue weighted by Crippen LogP contribution is -2.23. The standard InChI is InChI=1S/C20H19FN2O.C2H6/c1-2-3-12-4-6-13(7-5-12)19-15-8-9-22-20(24)16-10-14(21)11-17(23-19)18(15)16;1-2/h4-7,10-11,23H,2-3,8-9H2,1H3,(H,22,24);1-2H3. The number of H-pyrrole nitrogens is 1. The minimum atomic E-state index is -0.396. The largest absolute Gasteiger partial charge is 0.354 e. The van der Waals surface area contributed by atoms with Crippen molar-refractivity contribution >= 4 is 16.8 Å². The maximum Gasteiger partial charge on any atom is 0.252 e. The Bertz CT molecular complexity index is 925. The van der Waals surface area contributed by atoms with Gasteiger partial charge in [0.15, 0.2) is 0 Å². The fourth-order valence-electron chi connectivity index (χ4n) is 3.56. The maximum absolute atomic E-state index is 13.9. The van der Waals surface area contributed by atoms with Crippen molar-refractivity contribution in [1.82, 2.24) is 10.3 Å². The van der Waals surface area contributed by atoms with Crippen molar-refractivity contribution in [3.05, 3.63) is 58.9 Å². The lowest BCUT2D eigenvalue weighted by molar-refractivity contribution is 0.0957. The van der Waals surface area contributed by atoms with Crippen LogP contribution in [-0.2, 0) is 12.8 Å². The Labute approximate surface area is 153 Å². The van der Waals surface area contributed by atoms with Gasteiger partial charge in [-0.15, -0.1) is 0 Å². The molecule has 2 heterocycles. The lowest BCUT2D eigenvalue weighted by Gasteiger charge is -2.05. The number of benzene rings is 2. The summed E-state index contributed by atoms with van der Waals surface area (Å²) in [6, 6.07) is 11.3. The third-order valence-electron chi connectivity index (χ3n) is 4.65. The SMILES string of the molecule is CC.CCCc1ccc(-c2[nH]c3cc(F)cc4c3c2CCNC4=O)cc1. The Balaban J connectivity index is 0.000000948. The normalized spacial score (nSPS) is 13.0. The van der Waals surface area contributed by atoms with Crippen molar-refractivity contribution < 1.29 is 9.18 Å². The van der Waals surface area contributed by atoms with Gasteiger partial charge in [-0.1, -0.05) is 51.5 Å². The summed E-state index contributed by atoms with van der Waals surface area (Å²) in [7, 11) is 0. The van der Waals surface area contributed by atoms with E-state index in [0.29, 0.717) is 17.6 Å². The van der Waals surface area contributed by atoms with Crippen LogP contribution >= 0.6 is 0 Å². The molecule has 0 radical (unpaired) electrons. The van der Waals surface area contributed by atoms with Crippen molar-refractivity contribution in [3.8, 4) is 11.3 Å². The van der Waals surface area contributed by atoms with Crippen molar-refractivity contribution in [1.29, 1.82) is 0 Å². The van der Waals surface area contributed by atoms with E-state index in [0.717, 1.165) is 41.5 Å². The third-order valence-corrected chi connectivity index (χ3v) is 4.65. The molecule has 2 aromatic carbocycles. The highest BCUT2D eigenvalue weighted by atomic mass is 19.1. The summed E-state index contributed by atoms with van der Waals surface area (Å²) in [5.41, 5.74) is 5.55. The van der Waals surface area contributed by atoms with E-state index in [2.05, 4.69) is 41.5 Å². The van der Waals surface area contributed by atoms with E-state index >= 15 is 0 Å². The van der Waals surface area contributed by atoms with Crippen LogP contribution in [0, 0.1) is 5.82 Å². The van der Waals surface area contributed by atoms with Crippen LogP contribution in [0.4, 0.5) is 4.39 Å². The van der Waals surface area contributed by atoms with E-state index in [9.17, 15) is 9.18 Å². The molecule has 1 aliphatic heterocycles. The Hall–Kier alpha value is -2.62. The highest BCUT2D eigenvalue weighted by Crippen LogP contribution is 2.34. The van der Waals surface area contributed by atoms with Crippen LogP contribution in [0.3, 0.4) is 0 Å². The van der Waals surface area contributed by atoms with Crippen LogP contribution in [-0.4, -0.2) is 17.4 Å². The van der Waals surface area contributed by atoms with Crippen molar-refractivity contribution in [2.75, 3.05) is 6.54 Å². The quantitative estimate of drug-likeness (QED) is 0.665. The minimum absolute atomic E-state index is 0.206. The number of carbonyl (C=O) groups is 1. The zero-order valence-corrected chi connectivity index (χ0v) is 15.6. The molecule has 1 aromatic heterocycles. The Kier molecular flexibility index (Phi) is 5.40. The molecule has 136 valence electrons. The van der Waals surface area contributed by atoms with Crippen LogP contribution < -0.4 is 5.32 Å². The Morgan fingerprint density at radius 1 is 1.12 bits per heavy atom. The molecule has 0 aliphatic carbocycles. The molecule has 3 nitrogen and oxygen atoms in total. The maximum atomic E-state index is 13.9. The number of halogens is 1. The Morgan fingerprint density at radius 2 is 1.85 bits per heavy atom. The van der Waals surface area contributed by atoms with E-state index in [1.165, 1.54) is 17.7 Å². The molecule has 4 rings (SSSR count). The van der Waals surface area contributed by atoms with Gasteiger partial charge in [-0.3, -0.25) is 4.79 Å². The number of hydrogen-bond acceptors (Lipinski definition) is 1. The summed E-state index contributed by atoms with van der Waals surface area (Å²) < 4.78 is 13.9. The first-order valence-electron chi connectivity index (χ1n) is 9.39. The first-order chi connectivity index (χ1) is 12.7. The molecule has 2 N–H and O–H groups in total. The molecule has 4 heteroatoms. The van der Waals surface area contributed by atoms with Gasteiger partial charge < -0.3 is 10.3 Å². The third kappa shape index (κ3) is 3.24. The summed E-state index contributed by atoms with van der Waals surface area (Å²) >= 11 is 0. The highest BCUT2D eigenvalue weighted by molar-refractivity contribution is 6.10. The molecule has 1 amide bonds. The monoisotopic (exact) mass is 352 g/mol. The summed E-state index contributed by atoms with van der Waals surface area (Å²) in [6.07, 6.45) is 2.91. The van der Waals surface area contributed by atoms with E-state index in [1.54, 1.807) is 0 Å². The first kappa shape index (κ1) is 18.2. The van der Waals surface area contributed by atoms with Gasteiger partial charge in [0.25, 0.3) is 5.91 Å². The number of rotatable bonds is 3. The van der Waals surface area contributed by atoms with Gasteiger partial charge in [-0.25, -0.2) is 4.39 Å². The lowest BCUT2D eigenvalue weighted by atomic mass is 9.99. The van der Waals surface area contributed by atoms with Crippen LogP contribution in [0.25, 0.3) is 22.2 Å². The van der Waals surface area contributed by atoms with E-state index in [-0.39, 0.29) is 5.91 Å². The van der Waals surface area contributed by atoms with Crippen LogP contribution in [0.2, 0.25) is 0 Å². The average molecular weight is 352 g/mol. The second-order valence-corrected chi connectivity index (χ2v) is 6.31. The molecule has 0 unspecified atom stereocenters. The van der Waals surface area contributed by atoms with Crippen molar-refractivity contribution in [3.63, 3.8) is 0 Å². The number of carbonyl (C=O) groups excluding carboxylic acids is 1. The topological polar surface area (TPSA) is 44.9 Å². The predicted octanol–water partition coefficient (Wildman–Crippen LogP) is 5.24. The molecular formula is C22H25FN2O. The number of aromatic nitrogens is 1. The summed E-state index contributed by atoms with van der Waals surface area (Å²) in [5.74, 6) is -0.603. The highest BCUT2D eigenvalue weighted by Gasteiger charge is 2.23. The van der Waals surface area contributed by atoms with Gasteiger partial charge in [-0.05, 0) is 41.7 Å². The second-order valence-electron chi connectivity index (χ2n) is 6.31. The number of hydrogen-bond donors (Lipinski definition) is 2. The summed E-state index contributed by atoms with van der Waals surface area (Å²) in [4.78, 5) is 15.5. The van der Waals surface area contributed by atoms with Gasteiger partial charge >= 0.3 is 0 Å². The van der Waals surface area contributed by atoms with Gasteiger partial charge in [0, 0.05) is 23.1 Å². The number of nitrogens with one attached hydrogen (secondary N) is 2. The van der Waals surface area contributed by atoms with Crippen LogP contribution in [0.1, 0.15) is 48.7 Å². The molecule has 0 fully saturated rings. The molecule has 3 aromatic rings. The van der Waals surface area contributed by atoms with Crippen molar-refractivity contribution in [2.24, 2.45) is 0 Å². The molecule has 0 saturated carbocycles. The average Bonchev–Trinajstić information content (AvgIpc) is 2.92. The molecule has 0 spiro atoms. The number of aryl methyl sites for hydroxylation is 1. The smallest absolute Gasteiger partial charge is 0.252 e. The molecule has 0 saturated heterocycles. The second kappa shape index (κ2) is 7.73. The van der Waals surface area contributed by atoms with Crippen LogP contribution in [0.5, 0.6) is 0 Å². The summed E-state index contributed by atoms with van der Waals surface area (Å²) in [5, 5.41) is 3.70. The molecule has 1 aliphatic rings. The van der Waals surface area contributed by atoms with Crippen molar-refractivity contribution in [2.45, 2.75) is 40.0 Å². The minimum Gasteiger partial charge on any atom is -0.354 e. The van der Waals surface area contributed by atoms with E-state index in [4.69, 9.17) is 0 Å². The number of aromatic amines is 1. The first-order valence-corrected chi connectivity index (χ1v) is 9.39. The molecule has 26 heavy (non-hydrogen) atoms. The van der Waals surface area contributed by atoms with Crippen LogP contribution in [0.15, 0.2) is 36.4 Å². The van der Waals surface area contributed by atoms with Gasteiger partial charge in [0.2, 0.25) is 0 Å². The molecule has 0 atom stereocenters. The van der Waals surface area contributed by atoms with Gasteiger partial charge in [0.05, 0.1) is 5.56 Å². The van der Waals surface area contributed by atoms with E-state index < -0.39 is 5.82 Å². The zero-order chi connectivity index (χ0) is 18.7. The Morgan fingerprint density at radius 3 is 2.54 bits per heavy atom. The number of amides is 1.